The maximum atomic E-state index is 13.7. The Morgan fingerprint density at radius 3 is 2.15 bits per heavy atom. The summed E-state index contributed by atoms with van der Waals surface area (Å²) in [6.07, 6.45) is 3.40. The molecule has 2 heterocycles. The highest BCUT2D eigenvalue weighted by atomic mass is 19.4. The van der Waals surface area contributed by atoms with E-state index < -0.39 is 24.0 Å². The van der Waals surface area contributed by atoms with E-state index in [9.17, 15) is 22.8 Å². The number of piperazine rings is 1. The van der Waals surface area contributed by atoms with Gasteiger partial charge in [-0.15, -0.1) is 0 Å². The van der Waals surface area contributed by atoms with Crippen LogP contribution >= 0.6 is 0 Å². The van der Waals surface area contributed by atoms with Crippen LogP contribution in [0.4, 0.5) is 18.9 Å². The number of hydrogen-bond acceptors (Lipinski definition) is 4. The number of carbonyl (C=O) groups excluding carboxylic acids is 2. The van der Waals surface area contributed by atoms with Crippen LogP contribution in [-0.2, 0) is 16.8 Å². The Hall–Kier alpha value is -3.85. The lowest BCUT2D eigenvalue weighted by Crippen LogP contribution is -2.47. The van der Waals surface area contributed by atoms with Crippen LogP contribution in [0.3, 0.4) is 0 Å². The van der Waals surface area contributed by atoms with Crippen molar-refractivity contribution in [3.05, 3.63) is 89.0 Å². The number of carbonyl (C=O) groups is 2. The molecule has 2 aliphatic carbocycles. The molecule has 1 saturated carbocycles. The molecular formula is C38H43F3N4O2. The van der Waals surface area contributed by atoms with Gasteiger partial charge in [-0.1, -0.05) is 80.3 Å². The summed E-state index contributed by atoms with van der Waals surface area (Å²) in [5.74, 6) is -0.403. The van der Waals surface area contributed by atoms with Gasteiger partial charge in [0, 0.05) is 50.0 Å². The molecule has 47 heavy (non-hydrogen) atoms. The SMILES string of the molecule is O=C1c2cc(N3CCN(CCCCC4(C(=O)NCC(F)(F)F)c5ccccc5-c5ccccc54)CC3)ccc2CN1C1CCCCC1. The Morgan fingerprint density at radius 2 is 1.49 bits per heavy atom. The van der Waals surface area contributed by atoms with Crippen molar-refractivity contribution in [3.8, 4) is 11.1 Å². The van der Waals surface area contributed by atoms with E-state index in [-0.39, 0.29) is 5.91 Å². The molecule has 1 saturated heterocycles. The summed E-state index contributed by atoms with van der Waals surface area (Å²) in [5, 5.41) is 2.23. The highest BCUT2D eigenvalue weighted by Gasteiger charge is 2.49. The molecule has 2 amide bonds. The molecule has 0 atom stereocenters. The number of alkyl halides is 3. The molecule has 3 aromatic rings. The summed E-state index contributed by atoms with van der Waals surface area (Å²) in [6.45, 7) is 3.75. The second-order valence-electron chi connectivity index (χ2n) is 13.6. The maximum absolute atomic E-state index is 13.7. The highest BCUT2D eigenvalue weighted by molar-refractivity contribution is 6.01. The fraction of sp³-hybridized carbons (Fsp3) is 0.474. The zero-order valence-electron chi connectivity index (χ0n) is 26.8. The van der Waals surface area contributed by atoms with Crippen LogP contribution in [0, 0.1) is 0 Å². The van der Waals surface area contributed by atoms with Gasteiger partial charge < -0.3 is 15.1 Å². The van der Waals surface area contributed by atoms with E-state index in [1.807, 2.05) is 48.5 Å². The third-order valence-electron chi connectivity index (χ3n) is 10.9. The predicted octanol–water partition coefficient (Wildman–Crippen LogP) is 6.91. The van der Waals surface area contributed by atoms with Crippen molar-refractivity contribution in [2.24, 2.45) is 0 Å². The van der Waals surface area contributed by atoms with Crippen molar-refractivity contribution < 1.29 is 22.8 Å². The lowest BCUT2D eigenvalue weighted by molar-refractivity contribution is -0.141. The zero-order chi connectivity index (χ0) is 32.6. The summed E-state index contributed by atoms with van der Waals surface area (Å²) >= 11 is 0. The first-order valence-electron chi connectivity index (χ1n) is 17.2. The van der Waals surface area contributed by atoms with Gasteiger partial charge in [0.2, 0.25) is 5.91 Å². The number of hydrogen-bond donors (Lipinski definition) is 1. The molecule has 2 aliphatic heterocycles. The second-order valence-corrected chi connectivity index (χ2v) is 13.6. The number of nitrogens with one attached hydrogen (secondary N) is 1. The number of benzene rings is 3. The van der Waals surface area contributed by atoms with Crippen LogP contribution in [0.1, 0.15) is 78.4 Å². The molecule has 2 fully saturated rings. The minimum atomic E-state index is -4.48. The van der Waals surface area contributed by atoms with Crippen molar-refractivity contribution >= 4 is 17.5 Å². The molecule has 6 nitrogen and oxygen atoms in total. The predicted molar refractivity (Wildman–Crippen MR) is 177 cm³/mol. The molecular weight excluding hydrogens is 601 g/mol. The molecule has 0 radical (unpaired) electrons. The number of amides is 2. The van der Waals surface area contributed by atoms with E-state index in [2.05, 4.69) is 38.2 Å². The van der Waals surface area contributed by atoms with Crippen LogP contribution in [0.25, 0.3) is 11.1 Å². The minimum Gasteiger partial charge on any atom is -0.369 e. The average Bonchev–Trinajstić information content (AvgIpc) is 3.58. The number of halogens is 3. The fourth-order valence-corrected chi connectivity index (χ4v) is 8.44. The second kappa shape index (κ2) is 13.0. The summed E-state index contributed by atoms with van der Waals surface area (Å²) in [7, 11) is 0. The first kappa shape index (κ1) is 31.7. The van der Waals surface area contributed by atoms with E-state index in [0.717, 1.165) is 97.6 Å². The van der Waals surface area contributed by atoms with Crippen molar-refractivity contribution in [3.63, 3.8) is 0 Å². The molecule has 9 heteroatoms. The molecule has 1 N–H and O–H groups in total. The lowest BCUT2D eigenvalue weighted by atomic mass is 9.73. The molecule has 0 spiro atoms. The third-order valence-corrected chi connectivity index (χ3v) is 10.9. The smallest absolute Gasteiger partial charge is 0.369 e. The molecule has 0 bridgehead atoms. The van der Waals surface area contributed by atoms with Gasteiger partial charge in [0.1, 0.15) is 12.0 Å². The van der Waals surface area contributed by atoms with Crippen molar-refractivity contribution in [2.75, 3.05) is 44.2 Å². The molecule has 4 aliphatic rings. The Kier molecular flexibility index (Phi) is 8.76. The van der Waals surface area contributed by atoms with Crippen molar-refractivity contribution in [1.82, 2.24) is 15.1 Å². The Balaban J connectivity index is 0.969. The van der Waals surface area contributed by atoms with E-state index >= 15 is 0 Å². The largest absolute Gasteiger partial charge is 0.405 e. The van der Waals surface area contributed by atoms with Gasteiger partial charge in [0.15, 0.2) is 0 Å². The lowest BCUT2D eigenvalue weighted by Gasteiger charge is -2.36. The Labute approximate surface area is 274 Å². The van der Waals surface area contributed by atoms with Gasteiger partial charge in [0.05, 0.1) is 0 Å². The van der Waals surface area contributed by atoms with Gasteiger partial charge in [-0.3, -0.25) is 14.5 Å². The normalized spacial score (nSPS) is 19.4. The van der Waals surface area contributed by atoms with Crippen LogP contribution in [0.5, 0.6) is 0 Å². The van der Waals surface area contributed by atoms with Gasteiger partial charge >= 0.3 is 6.18 Å². The quantitative estimate of drug-likeness (QED) is 0.257. The van der Waals surface area contributed by atoms with E-state index in [4.69, 9.17) is 0 Å². The first-order chi connectivity index (χ1) is 22.7. The van der Waals surface area contributed by atoms with Gasteiger partial charge in [-0.05, 0) is 72.2 Å². The van der Waals surface area contributed by atoms with Crippen LogP contribution in [0.2, 0.25) is 0 Å². The number of nitrogens with zero attached hydrogens (tertiary/aromatic N) is 3. The summed E-state index contributed by atoms with van der Waals surface area (Å²) in [4.78, 5) is 34.0. The molecule has 7 rings (SSSR count). The zero-order valence-corrected chi connectivity index (χ0v) is 26.8. The van der Waals surface area contributed by atoms with Crippen molar-refractivity contribution in [2.45, 2.75) is 75.5 Å². The van der Waals surface area contributed by atoms with E-state index in [1.165, 1.54) is 19.3 Å². The van der Waals surface area contributed by atoms with Gasteiger partial charge in [0.25, 0.3) is 5.91 Å². The molecule has 0 unspecified atom stereocenters. The minimum absolute atomic E-state index is 0.185. The standard InChI is InChI=1S/C38H43F3N4O2/c39-38(40,41)26-42-36(47)37(33-14-6-4-12-30(33)31-13-5-7-15-34(31)37)18-8-9-19-43-20-22-44(23-21-43)29-17-16-27-25-45(35(46)32(27)24-29)28-10-2-1-3-11-28/h4-7,12-17,24,28H,1-3,8-11,18-23,25-26H2,(H,42,47). The topological polar surface area (TPSA) is 55.9 Å². The Bertz CT molecular complexity index is 1580. The number of rotatable bonds is 9. The van der Waals surface area contributed by atoms with Gasteiger partial charge in [-0.25, -0.2) is 0 Å². The van der Waals surface area contributed by atoms with Crippen molar-refractivity contribution in [1.29, 1.82) is 0 Å². The fourth-order valence-electron chi connectivity index (χ4n) is 8.44. The summed E-state index contributed by atoms with van der Waals surface area (Å²) in [6, 6.07) is 22.0. The third kappa shape index (κ3) is 6.15. The molecule has 3 aromatic carbocycles. The van der Waals surface area contributed by atoms with Crippen LogP contribution in [-0.4, -0.2) is 73.1 Å². The number of anilines is 1. The van der Waals surface area contributed by atoms with E-state index in [1.54, 1.807) is 0 Å². The van der Waals surface area contributed by atoms with Crippen LogP contribution < -0.4 is 10.2 Å². The van der Waals surface area contributed by atoms with E-state index in [0.29, 0.717) is 18.9 Å². The monoisotopic (exact) mass is 644 g/mol. The first-order valence-corrected chi connectivity index (χ1v) is 17.2. The number of fused-ring (bicyclic) bond motifs is 4. The summed E-state index contributed by atoms with van der Waals surface area (Å²) in [5.41, 5.74) is 5.34. The molecule has 0 aromatic heterocycles. The van der Waals surface area contributed by atoms with Gasteiger partial charge in [-0.2, -0.15) is 13.2 Å². The highest BCUT2D eigenvalue weighted by Crippen LogP contribution is 2.51. The number of unbranched alkanes of at least 4 members (excludes halogenated alkanes) is 1. The maximum Gasteiger partial charge on any atom is 0.405 e. The Morgan fingerprint density at radius 1 is 0.830 bits per heavy atom. The van der Waals surface area contributed by atoms with Crippen LogP contribution in [0.15, 0.2) is 66.7 Å². The summed E-state index contributed by atoms with van der Waals surface area (Å²) < 4.78 is 39.6. The average molecular weight is 645 g/mol. The molecule has 248 valence electrons.